The third kappa shape index (κ3) is 4.50. The molecule has 1 aromatic carbocycles. The van der Waals surface area contributed by atoms with Crippen molar-refractivity contribution in [1.29, 1.82) is 0 Å². The van der Waals surface area contributed by atoms with Crippen LogP contribution in [0.15, 0.2) is 36.7 Å². The van der Waals surface area contributed by atoms with Crippen LogP contribution in [0.5, 0.6) is 5.88 Å². The van der Waals surface area contributed by atoms with Gasteiger partial charge in [0.2, 0.25) is 11.8 Å². The first kappa shape index (κ1) is 22.1. The molecule has 2 aromatic heterocycles. The molecule has 0 amide bonds. The van der Waals surface area contributed by atoms with Gasteiger partial charge < -0.3 is 25.2 Å². The zero-order valence-corrected chi connectivity index (χ0v) is 20.5. The lowest BCUT2D eigenvalue weighted by molar-refractivity contribution is 0.255. The second-order valence-electron chi connectivity index (χ2n) is 9.89. The van der Waals surface area contributed by atoms with Crippen molar-refractivity contribution in [3.63, 3.8) is 0 Å². The minimum Gasteiger partial charge on any atom is -0.474 e. The summed E-state index contributed by atoms with van der Waals surface area (Å²) in [6.45, 7) is 7.61. The molecule has 6 rings (SSSR count). The Kier molecular flexibility index (Phi) is 5.90. The number of benzene rings is 1. The fraction of sp³-hybridized carbons (Fsp3) is 0.444. The van der Waals surface area contributed by atoms with Crippen molar-refractivity contribution >= 4 is 23.0 Å². The van der Waals surface area contributed by atoms with Gasteiger partial charge in [-0.3, -0.25) is 0 Å². The molecule has 1 saturated heterocycles. The minimum absolute atomic E-state index is 0.646. The largest absolute Gasteiger partial charge is 0.474 e. The molecule has 0 radical (unpaired) electrons. The summed E-state index contributed by atoms with van der Waals surface area (Å²) < 4.78 is 5.70. The average Bonchev–Trinajstić information content (AvgIpc) is 2.90. The van der Waals surface area contributed by atoms with Crippen molar-refractivity contribution in [2.75, 3.05) is 55.4 Å². The standard InChI is InChI=1S/C27H33N7O/c1-18-24(16-29-26-25(18)28-10-14-35-26)34-13-9-21-15-30-27(32-23(21)17-34)31-22-5-3-19(4-6-22)20-7-11-33(2)12-8-20/h3-6,15-16,20,28H,7-14,17H2,1-2H3,(H,30,31,32). The molecule has 2 N–H and O–H groups in total. The maximum Gasteiger partial charge on any atom is 0.237 e. The Labute approximate surface area is 206 Å². The highest BCUT2D eigenvalue weighted by Crippen LogP contribution is 2.36. The molecule has 0 unspecified atom stereocenters. The second-order valence-corrected chi connectivity index (χ2v) is 9.89. The van der Waals surface area contributed by atoms with Crippen LogP contribution in [0.2, 0.25) is 0 Å². The number of aromatic nitrogens is 3. The first-order chi connectivity index (χ1) is 17.1. The maximum atomic E-state index is 5.70. The second kappa shape index (κ2) is 9.34. The van der Waals surface area contributed by atoms with Crippen LogP contribution in [0.4, 0.5) is 23.0 Å². The van der Waals surface area contributed by atoms with Crippen molar-refractivity contribution < 1.29 is 4.74 Å². The van der Waals surface area contributed by atoms with Crippen LogP contribution in [0.3, 0.4) is 0 Å². The van der Waals surface area contributed by atoms with Gasteiger partial charge in [0.15, 0.2) is 0 Å². The van der Waals surface area contributed by atoms with E-state index in [0.717, 1.165) is 48.8 Å². The van der Waals surface area contributed by atoms with E-state index < -0.39 is 0 Å². The van der Waals surface area contributed by atoms with Crippen LogP contribution in [0.1, 0.15) is 41.1 Å². The molecule has 8 nitrogen and oxygen atoms in total. The summed E-state index contributed by atoms with van der Waals surface area (Å²) in [6.07, 6.45) is 7.29. The van der Waals surface area contributed by atoms with Gasteiger partial charge in [0.05, 0.1) is 24.1 Å². The highest BCUT2D eigenvalue weighted by Gasteiger charge is 2.24. The molecule has 0 saturated carbocycles. The zero-order chi connectivity index (χ0) is 23.8. The highest BCUT2D eigenvalue weighted by atomic mass is 16.5. The lowest BCUT2D eigenvalue weighted by Crippen LogP contribution is -2.32. The topological polar surface area (TPSA) is 78.4 Å². The number of fused-ring (bicyclic) bond motifs is 2. The fourth-order valence-corrected chi connectivity index (χ4v) is 5.41. The van der Waals surface area contributed by atoms with Crippen molar-refractivity contribution in [1.82, 2.24) is 19.9 Å². The molecule has 0 atom stereocenters. The molecule has 0 bridgehead atoms. The first-order valence-electron chi connectivity index (χ1n) is 12.7. The first-order valence-corrected chi connectivity index (χ1v) is 12.7. The number of nitrogens with one attached hydrogen (secondary N) is 2. The van der Waals surface area contributed by atoms with Crippen molar-refractivity contribution in [2.45, 2.75) is 38.6 Å². The number of likely N-dealkylation sites (tertiary alicyclic amines) is 1. The Morgan fingerprint density at radius 1 is 1.06 bits per heavy atom. The Balaban J connectivity index is 1.16. The summed E-state index contributed by atoms with van der Waals surface area (Å²) in [5.74, 6) is 2.01. The Morgan fingerprint density at radius 3 is 2.71 bits per heavy atom. The fourth-order valence-electron chi connectivity index (χ4n) is 5.41. The SMILES string of the molecule is Cc1c(N2CCc3cnc(Nc4ccc(C5CCN(C)CC5)cc4)nc3C2)cnc2c1NCCO2. The van der Waals surface area contributed by atoms with Gasteiger partial charge in [-0.15, -0.1) is 0 Å². The van der Waals surface area contributed by atoms with Gasteiger partial charge in [0.25, 0.3) is 0 Å². The smallest absolute Gasteiger partial charge is 0.237 e. The number of rotatable bonds is 4. The van der Waals surface area contributed by atoms with Crippen molar-refractivity contribution in [2.24, 2.45) is 0 Å². The predicted molar refractivity (Wildman–Crippen MR) is 139 cm³/mol. The normalized spacial score (nSPS) is 18.3. The molecule has 1 fully saturated rings. The molecular weight excluding hydrogens is 438 g/mol. The van der Waals surface area contributed by atoms with Crippen LogP contribution in [0.25, 0.3) is 0 Å². The summed E-state index contributed by atoms with van der Waals surface area (Å²) in [5, 5.41) is 6.85. The van der Waals surface area contributed by atoms with E-state index in [1.807, 2.05) is 12.4 Å². The average molecular weight is 472 g/mol. The number of hydrogen-bond acceptors (Lipinski definition) is 8. The van der Waals surface area contributed by atoms with E-state index in [0.29, 0.717) is 24.4 Å². The summed E-state index contributed by atoms with van der Waals surface area (Å²) >= 11 is 0. The van der Waals surface area contributed by atoms with Crippen LogP contribution >= 0.6 is 0 Å². The monoisotopic (exact) mass is 471 g/mol. The van der Waals surface area contributed by atoms with Gasteiger partial charge in [-0.1, -0.05) is 12.1 Å². The molecule has 35 heavy (non-hydrogen) atoms. The Morgan fingerprint density at radius 2 is 1.89 bits per heavy atom. The van der Waals surface area contributed by atoms with Gasteiger partial charge in [0.1, 0.15) is 12.3 Å². The van der Waals surface area contributed by atoms with Crippen LogP contribution in [-0.4, -0.2) is 59.7 Å². The lowest BCUT2D eigenvalue weighted by atomic mass is 9.89. The van der Waals surface area contributed by atoms with Gasteiger partial charge in [-0.05, 0) is 75.5 Å². The zero-order valence-electron chi connectivity index (χ0n) is 20.5. The number of piperidine rings is 1. The van der Waals surface area contributed by atoms with E-state index in [-0.39, 0.29) is 0 Å². The lowest BCUT2D eigenvalue weighted by Gasteiger charge is -2.32. The summed E-state index contributed by atoms with van der Waals surface area (Å²) in [5.41, 5.74) is 8.05. The van der Waals surface area contributed by atoms with Crippen LogP contribution in [-0.2, 0) is 13.0 Å². The Hall–Kier alpha value is -3.39. The van der Waals surface area contributed by atoms with E-state index in [1.165, 1.54) is 42.6 Å². The number of anilines is 4. The predicted octanol–water partition coefficient (Wildman–Crippen LogP) is 4.10. The molecule has 0 spiro atoms. The van der Waals surface area contributed by atoms with Crippen molar-refractivity contribution in [3.05, 3.63) is 59.0 Å². The summed E-state index contributed by atoms with van der Waals surface area (Å²) in [4.78, 5) is 18.8. The minimum atomic E-state index is 0.646. The number of pyridine rings is 1. The number of ether oxygens (including phenoxy) is 1. The highest BCUT2D eigenvalue weighted by molar-refractivity contribution is 5.70. The third-order valence-electron chi connectivity index (χ3n) is 7.56. The van der Waals surface area contributed by atoms with E-state index in [4.69, 9.17) is 9.72 Å². The molecular formula is C27H33N7O. The van der Waals surface area contributed by atoms with E-state index in [1.54, 1.807) is 0 Å². The van der Waals surface area contributed by atoms with Gasteiger partial charge in [-0.2, -0.15) is 0 Å². The van der Waals surface area contributed by atoms with Gasteiger partial charge in [-0.25, -0.2) is 15.0 Å². The van der Waals surface area contributed by atoms with Gasteiger partial charge >= 0.3 is 0 Å². The van der Waals surface area contributed by atoms with E-state index >= 15 is 0 Å². The summed E-state index contributed by atoms with van der Waals surface area (Å²) in [6, 6.07) is 8.81. The molecule has 0 aliphatic carbocycles. The Bertz CT molecular complexity index is 1200. The van der Waals surface area contributed by atoms with Crippen LogP contribution in [0, 0.1) is 6.92 Å². The quantitative estimate of drug-likeness (QED) is 0.589. The molecule has 182 valence electrons. The number of hydrogen-bond donors (Lipinski definition) is 2. The number of nitrogens with zero attached hydrogens (tertiary/aromatic N) is 5. The molecule has 8 heteroatoms. The maximum absolute atomic E-state index is 5.70. The van der Waals surface area contributed by atoms with Crippen LogP contribution < -0.4 is 20.3 Å². The molecule has 3 aliphatic heterocycles. The molecule has 5 heterocycles. The molecule has 3 aromatic rings. The van der Waals surface area contributed by atoms with E-state index in [9.17, 15) is 0 Å². The van der Waals surface area contributed by atoms with E-state index in [2.05, 4.69) is 68.6 Å². The van der Waals surface area contributed by atoms with Crippen molar-refractivity contribution in [3.8, 4) is 5.88 Å². The van der Waals surface area contributed by atoms with Gasteiger partial charge in [0, 0.05) is 30.5 Å². The third-order valence-corrected chi connectivity index (χ3v) is 7.56. The summed E-state index contributed by atoms with van der Waals surface area (Å²) in [7, 11) is 2.21. The molecule has 3 aliphatic rings.